The Hall–Kier alpha value is -2.31. The van der Waals surface area contributed by atoms with Crippen LogP contribution in [0.5, 0.6) is 0 Å². The first-order chi connectivity index (χ1) is 13.2. The monoisotopic (exact) mass is 382 g/mol. The van der Waals surface area contributed by atoms with E-state index in [1.165, 1.54) is 17.4 Å². The Bertz CT molecular complexity index is 872. The van der Waals surface area contributed by atoms with Crippen LogP contribution >= 0.6 is 11.8 Å². The molecule has 27 heavy (non-hydrogen) atoms. The van der Waals surface area contributed by atoms with E-state index in [-0.39, 0.29) is 6.61 Å². The fourth-order valence-electron chi connectivity index (χ4n) is 3.13. The minimum atomic E-state index is 0.110. The van der Waals surface area contributed by atoms with Crippen LogP contribution in [0, 0.1) is 6.92 Å². The summed E-state index contributed by atoms with van der Waals surface area (Å²) in [6.45, 7) is 8.49. The van der Waals surface area contributed by atoms with E-state index in [1.54, 1.807) is 0 Å². The number of aromatic nitrogens is 3. The summed E-state index contributed by atoms with van der Waals surface area (Å²) in [6, 6.07) is 16.7. The van der Waals surface area contributed by atoms with Gasteiger partial charge in [-0.2, -0.15) is 0 Å². The molecule has 1 N–H and O–H groups in total. The molecule has 5 nitrogen and oxygen atoms in total. The van der Waals surface area contributed by atoms with Gasteiger partial charge in [-0.1, -0.05) is 30.0 Å². The van der Waals surface area contributed by atoms with Crippen molar-refractivity contribution in [1.29, 1.82) is 0 Å². The van der Waals surface area contributed by atoms with Crippen LogP contribution in [0.2, 0.25) is 0 Å². The lowest BCUT2D eigenvalue weighted by Crippen LogP contribution is -2.21. The van der Waals surface area contributed by atoms with Gasteiger partial charge in [0.25, 0.3) is 0 Å². The van der Waals surface area contributed by atoms with E-state index in [4.69, 9.17) is 0 Å². The lowest BCUT2D eigenvalue weighted by molar-refractivity contribution is 0.322. The van der Waals surface area contributed by atoms with Gasteiger partial charge in [0.05, 0.1) is 12.3 Å². The van der Waals surface area contributed by atoms with Crippen molar-refractivity contribution in [3.05, 3.63) is 54.1 Å². The molecule has 3 aromatic rings. The molecule has 0 radical (unpaired) electrons. The predicted molar refractivity (Wildman–Crippen MR) is 113 cm³/mol. The number of anilines is 1. The van der Waals surface area contributed by atoms with Crippen molar-refractivity contribution in [2.24, 2.45) is 0 Å². The van der Waals surface area contributed by atoms with Crippen molar-refractivity contribution < 1.29 is 5.11 Å². The number of rotatable bonds is 8. The minimum absolute atomic E-state index is 0.110. The van der Waals surface area contributed by atoms with Gasteiger partial charge in [0.1, 0.15) is 0 Å². The second kappa shape index (κ2) is 9.06. The Morgan fingerprint density at radius 3 is 2.33 bits per heavy atom. The molecule has 0 atom stereocenters. The maximum Gasteiger partial charge on any atom is 0.196 e. The summed E-state index contributed by atoms with van der Waals surface area (Å²) in [5.74, 6) is 1.40. The first-order valence-electron chi connectivity index (χ1n) is 9.30. The van der Waals surface area contributed by atoms with Crippen molar-refractivity contribution in [1.82, 2.24) is 14.8 Å². The second-order valence-corrected chi connectivity index (χ2v) is 7.28. The lowest BCUT2D eigenvalue weighted by atomic mass is 10.1. The Kier molecular flexibility index (Phi) is 6.53. The van der Waals surface area contributed by atoms with E-state index in [2.05, 4.69) is 76.8 Å². The van der Waals surface area contributed by atoms with Crippen LogP contribution < -0.4 is 4.90 Å². The summed E-state index contributed by atoms with van der Waals surface area (Å²) in [5.41, 5.74) is 4.45. The van der Waals surface area contributed by atoms with Gasteiger partial charge in [-0.05, 0) is 56.7 Å². The third-order valence-electron chi connectivity index (χ3n) is 4.57. The summed E-state index contributed by atoms with van der Waals surface area (Å²) < 4.78 is 2.09. The van der Waals surface area contributed by atoms with Gasteiger partial charge in [0, 0.05) is 30.1 Å². The molecule has 0 aliphatic rings. The molecule has 3 rings (SSSR count). The fraction of sp³-hybridized carbons (Fsp3) is 0.333. The number of thioether (sulfide) groups is 1. The van der Waals surface area contributed by atoms with Crippen LogP contribution in [0.25, 0.3) is 17.1 Å². The Labute approximate surface area is 165 Å². The molecule has 0 spiro atoms. The number of para-hydroxylation sites is 1. The van der Waals surface area contributed by atoms with Crippen molar-refractivity contribution in [2.45, 2.75) is 25.9 Å². The Morgan fingerprint density at radius 2 is 1.70 bits per heavy atom. The van der Waals surface area contributed by atoms with Crippen molar-refractivity contribution in [3.63, 3.8) is 0 Å². The van der Waals surface area contributed by atoms with Crippen LogP contribution in [0.4, 0.5) is 5.69 Å². The van der Waals surface area contributed by atoms with Crippen molar-refractivity contribution >= 4 is 17.4 Å². The van der Waals surface area contributed by atoms with Crippen LogP contribution in [-0.4, -0.2) is 45.3 Å². The maximum absolute atomic E-state index is 9.21. The highest BCUT2D eigenvalue weighted by molar-refractivity contribution is 7.99. The van der Waals surface area contributed by atoms with E-state index in [0.717, 1.165) is 40.9 Å². The van der Waals surface area contributed by atoms with Crippen LogP contribution in [0.1, 0.15) is 19.4 Å². The zero-order valence-corrected chi connectivity index (χ0v) is 16.9. The molecule has 0 fully saturated rings. The highest BCUT2D eigenvalue weighted by Crippen LogP contribution is 2.30. The third kappa shape index (κ3) is 4.17. The molecule has 1 aromatic heterocycles. The van der Waals surface area contributed by atoms with Crippen LogP contribution in [-0.2, 0) is 0 Å². The zero-order valence-electron chi connectivity index (χ0n) is 16.1. The molecule has 0 amide bonds. The van der Waals surface area contributed by atoms with Crippen molar-refractivity contribution in [3.8, 4) is 17.1 Å². The molecule has 0 saturated heterocycles. The molecular weight excluding hydrogens is 356 g/mol. The number of benzene rings is 2. The molecule has 0 aliphatic carbocycles. The molecule has 1 heterocycles. The smallest absolute Gasteiger partial charge is 0.196 e. The fourth-order valence-corrected chi connectivity index (χ4v) is 3.82. The minimum Gasteiger partial charge on any atom is -0.396 e. The first kappa shape index (κ1) is 19.5. The summed E-state index contributed by atoms with van der Waals surface area (Å²) in [6.07, 6.45) is 0. The van der Waals surface area contributed by atoms with E-state index < -0.39 is 0 Å². The lowest BCUT2D eigenvalue weighted by Gasteiger charge is -2.21. The van der Waals surface area contributed by atoms with Gasteiger partial charge < -0.3 is 10.0 Å². The topological polar surface area (TPSA) is 54.2 Å². The van der Waals surface area contributed by atoms with Crippen LogP contribution in [0.3, 0.4) is 0 Å². The van der Waals surface area contributed by atoms with Gasteiger partial charge in [0.2, 0.25) is 0 Å². The largest absolute Gasteiger partial charge is 0.396 e. The van der Waals surface area contributed by atoms with Crippen LogP contribution in [0.15, 0.2) is 53.7 Å². The number of hydrogen-bond acceptors (Lipinski definition) is 5. The van der Waals surface area contributed by atoms with Gasteiger partial charge in [-0.15, -0.1) is 10.2 Å². The summed E-state index contributed by atoms with van der Waals surface area (Å²) in [4.78, 5) is 2.32. The normalized spacial score (nSPS) is 11.0. The first-order valence-corrected chi connectivity index (χ1v) is 10.3. The van der Waals surface area contributed by atoms with E-state index in [0.29, 0.717) is 5.75 Å². The number of aliphatic hydroxyl groups excluding tert-OH is 1. The van der Waals surface area contributed by atoms with E-state index in [1.807, 2.05) is 12.1 Å². The van der Waals surface area contributed by atoms with Crippen molar-refractivity contribution in [2.75, 3.05) is 30.3 Å². The highest BCUT2D eigenvalue weighted by atomic mass is 32.2. The average molecular weight is 383 g/mol. The summed E-state index contributed by atoms with van der Waals surface area (Å²) >= 11 is 1.51. The molecular formula is C21H26N4OS. The van der Waals surface area contributed by atoms with Gasteiger partial charge in [-0.3, -0.25) is 4.57 Å². The molecule has 2 aromatic carbocycles. The number of aliphatic hydroxyl groups is 1. The summed E-state index contributed by atoms with van der Waals surface area (Å²) in [7, 11) is 0. The molecule has 142 valence electrons. The SMILES string of the molecule is CCN(CC)c1ccc(-c2nnc(SCCO)n2-c2ccccc2C)cc1. The third-order valence-corrected chi connectivity index (χ3v) is 5.48. The Morgan fingerprint density at radius 1 is 1.00 bits per heavy atom. The Balaban J connectivity index is 2.05. The number of hydrogen-bond donors (Lipinski definition) is 1. The van der Waals surface area contributed by atoms with E-state index >= 15 is 0 Å². The maximum atomic E-state index is 9.21. The molecule has 0 unspecified atom stereocenters. The quantitative estimate of drug-likeness (QED) is 0.593. The number of aryl methyl sites for hydroxylation is 1. The highest BCUT2D eigenvalue weighted by Gasteiger charge is 2.17. The average Bonchev–Trinajstić information content (AvgIpc) is 3.12. The molecule has 0 bridgehead atoms. The predicted octanol–water partition coefficient (Wildman–Crippen LogP) is 4.17. The molecule has 6 heteroatoms. The zero-order chi connectivity index (χ0) is 19.2. The second-order valence-electron chi connectivity index (χ2n) is 6.22. The van der Waals surface area contributed by atoms with Gasteiger partial charge >= 0.3 is 0 Å². The van der Waals surface area contributed by atoms with Gasteiger partial charge in [0.15, 0.2) is 11.0 Å². The summed E-state index contributed by atoms with van der Waals surface area (Å²) in [5, 5.41) is 18.9. The molecule has 0 saturated carbocycles. The standard InChI is InChI=1S/C21H26N4OS/c1-4-24(5-2)18-12-10-17(11-13-18)20-22-23-21(27-15-14-26)25(20)19-9-7-6-8-16(19)3/h6-13,26H,4-5,14-15H2,1-3H3. The number of nitrogens with zero attached hydrogens (tertiary/aromatic N) is 4. The molecule has 0 aliphatic heterocycles. The van der Waals surface area contributed by atoms with E-state index in [9.17, 15) is 5.11 Å². The van der Waals surface area contributed by atoms with Gasteiger partial charge in [-0.25, -0.2) is 0 Å².